The lowest BCUT2D eigenvalue weighted by molar-refractivity contribution is 0.318. The summed E-state index contributed by atoms with van der Waals surface area (Å²) in [7, 11) is 0. The number of nitrogens with zero attached hydrogens (tertiary/aromatic N) is 2. The van der Waals surface area contributed by atoms with Crippen molar-refractivity contribution in [1.82, 2.24) is 0 Å². The van der Waals surface area contributed by atoms with Crippen LogP contribution in [0.4, 0.5) is 0 Å². The largest absolute Gasteiger partial charge is 0.462 e. The molecule has 24 heavy (non-hydrogen) atoms. The van der Waals surface area contributed by atoms with Gasteiger partial charge in [-0.15, -0.1) is 0 Å². The lowest BCUT2D eigenvalue weighted by Crippen LogP contribution is -2.10. The van der Waals surface area contributed by atoms with Crippen molar-refractivity contribution in [2.45, 2.75) is 33.1 Å². The minimum atomic E-state index is 0.0677. The van der Waals surface area contributed by atoms with Gasteiger partial charge in [-0.3, -0.25) is 0 Å². The molecular formula is C21H20N2O. The second-order valence-electron chi connectivity index (χ2n) is 6.64. The molecule has 0 aromatic heterocycles. The first kappa shape index (κ1) is 17.3. The van der Waals surface area contributed by atoms with Crippen LogP contribution < -0.4 is 0 Å². The number of nitriles is 1. The summed E-state index contributed by atoms with van der Waals surface area (Å²) < 4.78 is 5.64. The van der Waals surface area contributed by atoms with Crippen LogP contribution in [0.2, 0.25) is 0 Å². The van der Waals surface area contributed by atoms with Gasteiger partial charge in [-0.25, -0.2) is 10.1 Å². The first-order chi connectivity index (χ1) is 11.3. The van der Waals surface area contributed by atoms with E-state index in [1.807, 2.05) is 18.2 Å². The fourth-order valence-electron chi connectivity index (χ4n) is 2.30. The van der Waals surface area contributed by atoms with Crippen molar-refractivity contribution in [3.05, 3.63) is 87.8 Å². The maximum atomic E-state index is 9.01. The van der Waals surface area contributed by atoms with Gasteiger partial charge in [0.15, 0.2) is 0 Å². The van der Waals surface area contributed by atoms with Gasteiger partial charge in [0.2, 0.25) is 0 Å². The maximum absolute atomic E-state index is 9.01. The molecule has 0 bridgehead atoms. The Labute approximate surface area is 143 Å². The molecule has 3 nitrogen and oxygen atoms in total. The molecule has 0 unspecified atom stereocenters. The zero-order valence-corrected chi connectivity index (χ0v) is 14.4. The molecule has 1 aliphatic heterocycles. The number of benzene rings is 1. The first-order valence-corrected chi connectivity index (χ1v) is 7.72. The monoisotopic (exact) mass is 316 g/mol. The van der Waals surface area contributed by atoms with E-state index in [4.69, 9.17) is 16.6 Å². The SMILES string of the molecule is [C-]#[N+]/C(C#N)=C1/C=C(C)OC(/C=C/c2ccc(C(C)(C)C)cc2)=C1. The molecule has 0 fully saturated rings. The van der Waals surface area contributed by atoms with Crippen LogP contribution in [0.25, 0.3) is 10.9 Å². The molecule has 0 aliphatic carbocycles. The number of ether oxygens (including phenoxy) is 1. The molecule has 2 rings (SSSR count). The summed E-state index contributed by atoms with van der Waals surface area (Å²) in [6.45, 7) is 15.4. The zero-order chi connectivity index (χ0) is 17.7. The molecule has 3 heteroatoms. The molecule has 0 amide bonds. The summed E-state index contributed by atoms with van der Waals surface area (Å²) in [5.41, 5.74) is 3.13. The third-order valence-corrected chi connectivity index (χ3v) is 3.64. The maximum Gasteiger partial charge on any atom is 0.269 e. The summed E-state index contributed by atoms with van der Waals surface area (Å²) in [6, 6.07) is 10.3. The third-order valence-electron chi connectivity index (χ3n) is 3.64. The highest BCUT2D eigenvalue weighted by Crippen LogP contribution is 2.25. The topological polar surface area (TPSA) is 37.4 Å². The summed E-state index contributed by atoms with van der Waals surface area (Å²) in [5, 5.41) is 9.01. The summed E-state index contributed by atoms with van der Waals surface area (Å²) in [6.07, 6.45) is 7.22. The van der Waals surface area contributed by atoms with E-state index in [0.717, 1.165) is 5.56 Å². The van der Waals surface area contributed by atoms with E-state index in [9.17, 15) is 0 Å². The van der Waals surface area contributed by atoms with Gasteiger partial charge in [0.05, 0.1) is 12.6 Å². The van der Waals surface area contributed by atoms with Gasteiger partial charge in [-0.05, 0) is 47.3 Å². The standard InChI is InChI=1S/C21H20N2O/c1-15-12-17(20(14-22)23-5)13-19(24-15)11-8-16-6-9-18(10-7-16)21(2,3)4/h6-13H,1-4H3/b11-8+,20-17-. The highest BCUT2D eigenvalue weighted by Gasteiger charge is 2.13. The van der Waals surface area contributed by atoms with Crippen LogP contribution in [0, 0.1) is 17.9 Å². The molecule has 0 radical (unpaired) electrons. The van der Waals surface area contributed by atoms with Crippen molar-refractivity contribution in [2.75, 3.05) is 0 Å². The number of allylic oxidation sites excluding steroid dienone is 6. The Kier molecular flexibility index (Phi) is 5.07. The fraction of sp³-hybridized carbons (Fsp3) is 0.238. The predicted molar refractivity (Wildman–Crippen MR) is 96.3 cm³/mol. The first-order valence-electron chi connectivity index (χ1n) is 7.72. The minimum absolute atomic E-state index is 0.0677. The summed E-state index contributed by atoms with van der Waals surface area (Å²) in [5.74, 6) is 1.27. The highest BCUT2D eigenvalue weighted by molar-refractivity contribution is 5.56. The number of hydrogen-bond acceptors (Lipinski definition) is 2. The van der Waals surface area contributed by atoms with Crippen LogP contribution in [0.5, 0.6) is 0 Å². The van der Waals surface area contributed by atoms with Crippen molar-refractivity contribution in [1.29, 1.82) is 5.26 Å². The summed E-state index contributed by atoms with van der Waals surface area (Å²) >= 11 is 0. The Balaban J connectivity index is 2.25. The smallest absolute Gasteiger partial charge is 0.269 e. The molecule has 1 aromatic rings. The Morgan fingerprint density at radius 3 is 2.38 bits per heavy atom. The molecule has 0 spiro atoms. The molecule has 0 N–H and O–H groups in total. The van der Waals surface area contributed by atoms with Crippen molar-refractivity contribution in [2.24, 2.45) is 0 Å². The van der Waals surface area contributed by atoms with Gasteiger partial charge >= 0.3 is 0 Å². The van der Waals surface area contributed by atoms with Crippen molar-refractivity contribution < 1.29 is 4.74 Å². The molecule has 0 saturated carbocycles. The van der Waals surface area contributed by atoms with Crippen LogP contribution in [-0.4, -0.2) is 0 Å². The average Bonchev–Trinajstić information content (AvgIpc) is 2.53. The molecule has 1 heterocycles. The number of hydrogen-bond donors (Lipinski definition) is 0. The van der Waals surface area contributed by atoms with E-state index in [2.05, 4.69) is 49.9 Å². The van der Waals surface area contributed by atoms with Crippen LogP contribution >= 0.6 is 0 Å². The number of rotatable bonds is 2. The summed E-state index contributed by atoms with van der Waals surface area (Å²) in [4.78, 5) is 3.25. The fourth-order valence-corrected chi connectivity index (χ4v) is 2.30. The molecule has 0 saturated heterocycles. The van der Waals surface area contributed by atoms with E-state index in [0.29, 0.717) is 17.1 Å². The lowest BCUT2D eigenvalue weighted by atomic mass is 9.87. The molecular weight excluding hydrogens is 296 g/mol. The Morgan fingerprint density at radius 1 is 1.17 bits per heavy atom. The Bertz CT molecular complexity index is 814. The lowest BCUT2D eigenvalue weighted by Gasteiger charge is -2.18. The zero-order valence-electron chi connectivity index (χ0n) is 14.4. The van der Waals surface area contributed by atoms with E-state index >= 15 is 0 Å². The van der Waals surface area contributed by atoms with Gasteiger partial charge in [-0.2, -0.15) is 0 Å². The highest BCUT2D eigenvalue weighted by atomic mass is 16.5. The normalized spacial score (nSPS) is 16.6. The quantitative estimate of drug-likeness (QED) is 0.532. The third kappa shape index (κ3) is 4.24. The van der Waals surface area contributed by atoms with E-state index in [1.54, 1.807) is 19.1 Å². The predicted octanol–water partition coefficient (Wildman–Crippen LogP) is 5.51. The average molecular weight is 316 g/mol. The second-order valence-corrected chi connectivity index (χ2v) is 6.64. The molecule has 120 valence electrons. The molecule has 0 atom stereocenters. The van der Waals surface area contributed by atoms with Crippen molar-refractivity contribution in [3.63, 3.8) is 0 Å². The van der Waals surface area contributed by atoms with Gasteiger partial charge in [0.25, 0.3) is 5.70 Å². The van der Waals surface area contributed by atoms with E-state index in [1.165, 1.54) is 5.56 Å². The van der Waals surface area contributed by atoms with Gasteiger partial charge < -0.3 is 4.74 Å². The van der Waals surface area contributed by atoms with Gasteiger partial charge in [0, 0.05) is 0 Å². The minimum Gasteiger partial charge on any atom is -0.462 e. The molecule has 1 aromatic carbocycles. The van der Waals surface area contributed by atoms with Crippen LogP contribution in [0.15, 0.2) is 65.3 Å². The van der Waals surface area contributed by atoms with Crippen molar-refractivity contribution >= 4 is 6.08 Å². The van der Waals surface area contributed by atoms with E-state index in [-0.39, 0.29) is 11.1 Å². The van der Waals surface area contributed by atoms with Crippen molar-refractivity contribution in [3.8, 4) is 6.07 Å². The second kappa shape index (κ2) is 7.02. The Hall–Kier alpha value is -3.04. The van der Waals surface area contributed by atoms with Crippen LogP contribution in [-0.2, 0) is 10.2 Å². The molecule has 1 aliphatic rings. The van der Waals surface area contributed by atoms with Crippen LogP contribution in [0.3, 0.4) is 0 Å². The van der Waals surface area contributed by atoms with Gasteiger partial charge in [0.1, 0.15) is 11.5 Å². The van der Waals surface area contributed by atoms with Gasteiger partial charge in [-0.1, -0.05) is 51.1 Å². The van der Waals surface area contributed by atoms with Crippen LogP contribution in [0.1, 0.15) is 38.8 Å². The van der Waals surface area contributed by atoms with E-state index < -0.39 is 0 Å². The Morgan fingerprint density at radius 2 is 1.83 bits per heavy atom.